The lowest BCUT2D eigenvalue weighted by atomic mass is 10.2. The van der Waals surface area contributed by atoms with Crippen molar-refractivity contribution in [2.45, 2.75) is 11.8 Å². The van der Waals surface area contributed by atoms with Gasteiger partial charge < -0.3 is 10.1 Å². The molecule has 162 valence electrons. The van der Waals surface area contributed by atoms with Gasteiger partial charge in [0.25, 0.3) is 15.9 Å². The number of hydrogen-bond donors (Lipinski definition) is 3. The van der Waals surface area contributed by atoms with Crippen LogP contribution in [0.3, 0.4) is 0 Å². The van der Waals surface area contributed by atoms with Gasteiger partial charge in [0.1, 0.15) is 5.75 Å². The quantitative estimate of drug-likeness (QED) is 0.389. The molecule has 0 saturated carbocycles. The van der Waals surface area contributed by atoms with Crippen LogP contribution in [0.25, 0.3) is 0 Å². The van der Waals surface area contributed by atoms with Crippen LogP contribution in [-0.2, 0) is 14.8 Å². The van der Waals surface area contributed by atoms with Crippen molar-refractivity contribution >= 4 is 71.3 Å². The van der Waals surface area contributed by atoms with Crippen molar-refractivity contribution in [1.29, 1.82) is 0 Å². The van der Waals surface area contributed by atoms with Crippen molar-refractivity contribution in [2.24, 2.45) is 0 Å². The van der Waals surface area contributed by atoms with E-state index in [0.29, 0.717) is 11.4 Å². The summed E-state index contributed by atoms with van der Waals surface area (Å²) in [6.07, 6.45) is 1.51. The Morgan fingerprint density at radius 3 is 2.61 bits per heavy atom. The number of aryl methyl sites for hydroxylation is 1. The average Bonchev–Trinajstić information content (AvgIpc) is 3.21. The minimum Gasteiger partial charge on any atom is -0.484 e. The molecule has 0 bridgehead atoms. The van der Waals surface area contributed by atoms with Gasteiger partial charge in [0.15, 0.2) is 16.9 Å². The highest BCUT2D eigenvalue weighted by Crippen LogP contribution is 2.22. The first kappa shape index (κ1) is 23.1. The van der Waals surface area contributed by atoms with E-state index in [4.69, 9.17) is 17.0 Å². The number of nitrogens with zero attached hydrogens (tertiary/aromatic N) is 1. The van der Waals surface area contributed by atoms with E-state index in [0.717, 1.165) is 10.0 Å². The summed E-state index contributed by atoms with van der Waals surface area (Å²) < 4.78 is 33.5. The zero-order valence-corrected chi connectivity index (χ0v) is 20.1. The molecule has 0 saturated heterocycles. The summed E-state index contributed by atoms with van der Waals surface area (Å²) in [7, 11) is -3.74. The van der Waals surface area contributed by atoms with Crippen LogP contribution in [0, 0.1) is 6.92 Å². The Morgan fingerprint density at radius 1 is 1.23 bits per heavy atom. The first-order chi connectivity index (χ1) is 14.7. The van der Waals surface area contributed by atoms with Crippen LogP contribution in [0.2, 0.25) is 0 Å². The molecule has 3 N–H and O–H groups in total. The maximum absolute atomic E-state index is 12.3. The first-order valence-electron chi connectivity index (χ1n) is 8.75. The lowest BCUT2D eigenvalue weighted by Crippen LogP contribution is -2.37. The number of ether oxygens (including phenoxy) is 1. The lowest BCUT2D eigenvalue weighted by Gasteiger charge is -2.11. The fraction of sp³-hybridized carbons (Fsp3) is 0.105. The highest BCUT2D eigenvalue weighted by atomic mass is 79.9. The van der Waals surface area contributed by atoms with Gasteiger partial charge in [-0.15, -0.1) is 11.3 Å². The van der Waals surface area contributed by atoms with Gasteiger partial charge in [0.05, 0.1) is 4.90 Å². The molecule has 1 amide bonds. The van der Waals surface area contributed by atoms with Crippen molar-refractivity contribution in [3.63, 3.8) is 0 Å². The van der Waals surface area contributed by atoms with Crippen LogP contribution < -0.4 is 20.1 Å². The molecule has 0 aliphatic rings. The van der Waals surface area contributed by atoms with Crippen molar-refractivity contribution < 1.29 is 17.9 Å². The topological polar surface area (TPSA) is 109 Å². The molecule has 3 aromatic rings. The number of hydrogen-bond acceptors (Lipinski definition) is 7. The largest absolute Gasteiger partial charge is 0.484 e. The molecule has 12 heteroatoms. The van der Waals surface area contributed by atoms with E-state index >= 15 is 0 Å². The molecule has 0 unspecified atom stereocenters. The molecule has 0 fully saturated rings. The minimum atomic E-state index is -3.74. The minimum absolute atomic E-state index is 0.0668. The second-order valence-corrected chi connectivity index (χ2v) is 10.0. The van der Waals surface area contributed by atoms with E-state index < -0.39 is 15.9 Å². The van der Waals surface area contributed by atoms with E-state index in [9.17, 15) is 13.2 Å². The predicted octanol–water partition coefficient (Wildman–Crippen LogP) is 3.91. The van der Waals surface area contributed by atoms with Crippen LogP contribution in [-0.4, -0.2) is 31.0 Å². The monoisotopic (exact) mass is 540 g/mol. The summed E-state index contributed by atoms with van der Waals surface area (Å²) in [6.45, 7) is 1.71. The molecule has 3 rings (SSSR count). The second-order valence-electron chi connectivity index (χ2n) is 6.17. The summed E-state index contributed by atoms with van der Waals surface area (Å²) in [5.74, 6) is 0.141. The molecule has 2 aromatic carbocycles. The predicted molar refractivity (Wildman–Crippen MR) is 128 cm³/mol. The number of carbonyl (C=O) groups excluding carboxylic acids is 1. The van der Waals surface area contributed by atoms with E-state index in [1.54, 1.807) is 11.4 Å². The summed E-state index contributed by atoms with van der Waals surface area (Å²) in [4.78, 5) is 16.0. The van der Waals surface area contributed by atoms with Gasteiger partial charge in [-0.1, -0.05) is 15.9 Å². The van der Waals surface area contributed by atoms with E-state index in [1.165, 1.54) is 41.8 Å². The van der Waals surface area contributed by atoms with Crippen molar-refractivity contribution in [2.75, 3.05) is 16.6 Å². The molecule has 1 heterocycles. The highest BCUT2D eigenvalue weighted by molar-refractivity contribution is 9.10. The zero-order chi connectivity index (χ0) is 22.4. The van der Waals surface area contributed by atoms with E-state index in [1.807, 2.05) is 19.1 Å². The number of nitrogens with one attached hydrogen (secondary N) is 3. The molecule has 0 atom stereocenters. The molecule has 0 aliphatic heterocycles. The fourth-order valence-corrected chi connectivity index (χ4v) is 4.61. The maximum atomic E-state index is 12.3. The number of benzene rings is 2. The summed E-state index contributed by atoms with van der Waals surface area (Å²) in [5, 5.41) is 7.36. The molecule has 0 radical (unpaired) electrons. The average molecular weight is 541 g/mol. The fourth-order valence-electron chi connectivity index (χ4n) is 2.35. The van der Waals surface area contributed by atoms with Crippen LogP contribution >= 0.6 is 39.5 Å². The molecule has 0 aliphatic carbocycles. The van der Waals surface area contributed by atoms with Gasteiger partial charge in [-0.2, -0.15) is 0 Å². The number of sulfonamides is 1. The Morgan fingerprint density at radius 2 is 1.97 bits per heavy atom. The third-order valence-electron chi connectivity index (χ3n) is 3.83. The van der Waals surface area contributed by atoms with Crippen molar-refractivity contribution in [1.82, 2.24) is 10.3 Å². The van der Waals surface area contributed by atoms with Crippen LogP contribution in [0.1, 0.15) is 5.56 Å². The number of rotatable bonds is 7. The Kier molecular flexibility index (Phi) is 7.59. The Bertz CT molecular complexity index is 1180. The second kappa shape index (κ2) is 10.2. The number of thiazole rings is 1. The van der Waals surface area contributed by atoms with Gasteiger partial charge in [-0.25, -0.2) is 13.4 Å². The van der Waals surface area contributed by atoms with Crippen molar-refractivity contribution in [3.8, 4) is 5.75 Å². The third kappa shape index (κ3) is 6.72. The Labute approximate surface area is 197 Å². The number of aromatic nitrogens is 1. The van der Waals surface area contributed by atoms with Crippen molar-refractivity contribution in [3.05, 3.63) is 64.1 Å². The standard InChI is InChI=1S/C19H17BrN4O4S3/c1-12-10-14(4-7-16(12)20)28-11-17(25)23-18(29)22-13-2-5-15(6-3-13)31(26,27)24-19-21-8-9-30-19/h2-10H,11H2,1H3,(H,21,24)(H2,22,23,25,29). The molecular weight excluding hydrogens is 524 g/mol. The number of carbonyl (C=O) groups is 1. The van der Waals surface area contributed by atoms with Crippen LogP contribution in [0.4, 0.5) is 10.8 Å². The maximum Gasteiger partial charge on any atom is 0.264 e. The van der Waals surface area contributed by atoms with Gasteiger partial charge >= 0.3 is 0 Å². The summed E-state index contributed by atoms with van der Waals surface area (Å²) >= 11 is 9.71. The third-order valence-corrected chi connectivity index (χ3v) is 7.10. The van der Waals surface area contributed by atoms with E-state index in [-0.39, 0.29) is 21.7 Å². The molecule has 0 spiro atoms. The number of amides is 1. The smallest absolute Gasteiger partial charge is 0.264 e. The number of halogens is 1. The SMILES string of the molecule is Cc1cc(OCC(=O)NC(=S)Nc2ccc(S(=O)(=O)Nc3nccs3)cc2)ccc1Br. The molecule has 8 nitrogen and oxygen atoms in total. The van der Waals surface area contributed by atoms with Gasteiger partial charge in [0, 0.05) is 21.7 Å². The van der Waals surface area contributed by atoms with Crippen LogP contribution in [0.5, 0.6) is 5.75 Å². The molecule has 31 heavy (non-hydrogen) atoms. The van der Waals surface area contributed by atoms with Gasteiger partial charge in [-0.05, 0) is 67.2 Å². The lowest BCUT2D eigenvalue weighted by molar-refractivity contribution is -0.121. The summed E-state index contributed by atoms with van der Waals surface area (Å²) in [6, 6.07) is 11.3. The number of anilines is 2. The normalized spacial score (nSPS) is 10.9. The van der Waals surface area contributed by atoms with E-state index in [2.05, 4.69) is 36.3 Å². The van der Waals surface area contributed by atoms with Crippen LogP contribution in [0.15, 0.2) is 63.4 Å². The Hall–Kier alpha value is -2.54. The molecular formula is C19H17BrN4O4S3. The Balaban J connectivity index is 1.50. The highest BCUT2D eigenvalue weighted by Gasteiger charge is 2.15. The summed E-state index contributed by atoms with van der Waals surface area (Å²) in [5.41, 5.74) is 1.50. The number of thiocarbonyl (C=S) groups is 1. The first-order valence-corrected chi connectivity index (χ1v) is 12.3. The molecule has 1 aromatic heterocycles. The van der Waals surface area contributed by atoms with Gasteiger partial charge in [0.2, 0.25) is 0 Å². The zero-order valence-electron chi connectivity index (χ0n) is 16.1. The van der Waals surface area contributed by atoms with Gasteiger partial charge in [-0.3, -0.25) is 14.8 Å².